The molecule has 0 saturated heterocycles. The van der Waals surface area contributed by atoms with Crippen molar-refractivity contribution < 1.29 is 9.47 Å². The van der Waals surface area contributed by atoms with Gasteiger partial charge < -0.3 is 14.8 Å². The molecule has 0 aliphatic heterocycles. The lowest BCUT2D eigenvalue weighted by molar-refractivity contribution is 0.291. The molecule has 0 fully saturated rings. The molecule has 0 saturated carbocycles. The molecule has 2 aromatic rings. The zero-order chi connectivity index (χ0) is 16.7. The summed E-state index contributed by atoms with van der Waals surface area (Å²) in [5.41, 5.74) is 0.897. The van der Waals surface area contributed by atoms with Crippen LogP contribution < -0.4 is 14.8 Å². The number of nitrogens with zero attached hydrogens (tertiary/aromatic N) is 4. The van der Waals surface area contributed by atoms with Gasteiger partial charge in [-0.2, -0.15) is 0 Å². The summed E-state index contributed by atoms with van der Waals surface area (Å²) in [4.78, 5) is 0. The van der Waals surface area contributed by atoms with Crippen LogP contribution >= 0.6 is 11.6 Å². The molecule has 1 N–H and O–H groups in total. The van der Waals surface area contributed by atoms with Crippen LogP contribution in [0, 0.1) is 0 Å². The number of hydrogen-bond acceptors (Lipinski definition) is 6. The van der Waals surface area contributed by atoms with Crippen molar-refractivity contribution in [2.45, 2.75) is 39.8 Å². The van der Waals surface area contributed by atoms with Gasteiger partial charge in [0.1, 0.15) is 0 Å². The predicted molar refractivity (Wildman–Crippen MR) is 89.2 cm³/mol. The van der Waals surface area contributed by atoms with Crippen molar-refractivity contribution in [1.82, 2.24) is 20.2 Å². The van der Waals surface area contributed by atoms with Crippen LogP contribution in [0.2, 0.25) is 5.02 Å². The Hall–Kier alpha value is -2.02. The van der Waals surface area contributed by atoms with Crippen LogP contribution in [0.3, 0.4) is 0 Å². The minimum absolute atomic E-state index is 0.486. The van der Waals surface area contributed by atoms with Gasteiger partial charge in [0.2, 0.25) is 5.95 Å². The molecule has 23 heavy (non-hydrogen) atoms. The zero-order valence-corrected chi connectivity index (χ0v) is 14.4. The number of nitrogens with one attached hydrogen (secondary N) is 1. The van der Waals surface area contributed by atoms with Gasteiger partial charge in [0.05, 0.1) is 13.7 Å². The number of rotatable bonds is 9. The van der Waals surface area contributed by atoms with Gasteiger partial charge in [0, 0.05) is 29.7 Å². The van der Waals surface area contributed by atoms with Crippen LogP contribution in [0.15, 0.2) is 12.1 Å². The zero-order valence-electron chi connectivity index (χ0n) is 13.7. The van der Waals surface area contributed by atoms with Crippen molar-refractivity contribution in [2.75, 3.05) is 19.0 Å². The number of aryl methyl sites for hydroxylation is 1. The third kappa shape index (κ3) is 4.48. The number of methoxy groups -OCH3 is 1. The van der Waals surface area contributed by atoms with Crippen molar-refractivity contribution in [3.63, 3.8) is 0 Å². The lowest BCUT2D eigenvalue weighted by Crippen LogP contribution is -2.10. The van der Waals surface area contributed by atoms with Crippen LogP contribution in [0.4, 0.5) is 5.95 Å². The SMILES string of the molecule is CCCOc1c(CNc2nnnn2CCC)cc(Cl)cc1OC. The highest BCUT2D eigenvalue weighted by Gasteiger charge is 2.14. The van der Waals surface area contributed by atoms with Crippen LogP contribution in [0.25, 0.3) is 0 Å². The van der Waals surface area contributed by atoms with Crippen molar-refractivity contribution in [3.8, 4) is 11.5 Å². The molecule has 1 aromatic carbocycles. The van der Waals surface area contributed by atoms with E-state index in [0.717, 1.165) is 24.9 Å². The van der Waals surface area contributed by atoms with E-state index < -0.39 is 0 Å². The maximum absolute atomic E-state index is 6.17. The Labute approximate surface area is 140 Å². The van der Waals surface area contributed by atoms with Gasteiger partial charge in [-0.25, -0.2) is 4.68 Å². The van der Waals surface area contributed by atoms with E-state index in [1.165, 1.54) is 0 Å². The first-order chi connectivity index (χ1) is 11.2. The number of aromatic nitrogens is 4. The summed E-state index contributed by atoms with van der Waals surface area (Å²) in [6.07, 6.45) is 1.86. The van der Waals surface area contributed by atoms with Gasteiger partial charge in [-0.1, -0.05) is 30.5 Å². The topological polar surface area (TPSA) is 74.1 Å². The van der Waals surface area contributed by atoms with Gasteiger partial charge in [-0.3, -0.25) is 0 Å². The van der Waals surface area contributed by atoms with Crippen molar-refractivity contribution in [1.29, 1.82) is 0 Å². The second-order valence-corrected chi connectivity index (χ2v) is 5.46. The summed E-state index contributed by atoms with van der Waals surface area (Å²) in [6, 6.07) is 3.60. The first-order valence-electron chi connectivity index (χ1n) is 7.68. The molecule has 0 aliphatic carbocycles. The van der Waals surface area contributed by atoms with Crippen LogP contribution in [0.1, 0.15) is 32.3 Å². The van der Waals surface area contributed by atoms with Crippen molar-refractivity contribution in [3.05, 3.63) is 22.7 Å². The highest BCUT2D eigenvalue weighted by atomic mass is 35.5. The lowest BCUT2D eigenvalue weighted by atomic mass is 10.2. The monoisotopic (exact) mass is 339 g/mol. The Morgan fingerprint density at radius 3 is 2.78 bits per heavy atom. The van der Waals surface area contributed by atoms with Gasteiger partial charge in [0.15, 0.2) is 11.5 Å². The van der Waals surface area contributed by atoms with E-state index >= 15 is 0 Å². The molecule has 0 atom stereocenters. The number of benzene rings is 1. The molecular weight excluding hydrogens is 318 g/mol. The summed E-state index contributed by atoms with van der Waals surface area (Å²) in [7, 11) is 1.60. The Bertz CT molecular complexity index is 632. The van der Waals surface area contributed by atoms with E-state index in [0.29, 0.717) is 35.6 Å². The second-order valence-electron chi connectivity index (χ2n) is 5.02. The lowest BCUT2D eigenvalue weighted by Gasteiger charge is -2.16. The smallest absolute Gasteiger partial charge is 0.243 e. The Morgan fingerprint density at radius 1 is 1.26 bits per heavy atom. The third-order valence-corrected chi connectivity index (χ3v) is 3.39. The molecular formula is C15H22ClN5O2. The first kappa shape index (κ1) is 17.3. The predicted octanol–water partition coefficient (Wildman–Crippen LogP) is 3.15. The normalized spacial score (nSPS) is 10.6. The molecule has 2 rings (SSSR count). The molecule has 0 amide bonds. The highest BCUT2D eigenvalue weighted by molar-refractivity contribution is 6.30. The quantitative estimate of drug-likeness (QED) is 0.756. The number of hydrogen-bond donors (Lipinski definition) is 1. The third-order valence-electron chi connectivity index (χ3n) is 3.17. The number of anilines is 1. The summed E-state index contributed by atoms with van der Waals surface area (Å²) in [5.74, 6) is 1.93. The van der Waals surface area contributed by atoms with E-state index in [9.17, 15) is 0 Å². The summed E-state index contributed by atoms with van der Waals surface area (Å²) >= 11 is 6.17. The molecule has 1 aromatic heterocycles. The maximum atomic E-state index is 6.17. The van der Waals surface area contributed by atoms with Crippen LogP contribution in [-0.2, 0) is 13.1 Å². The number of tetrazole rings is 1. The fraction of sp³-hybridized carbons (Fsp3) is 0.533. The maximum Gasteiger partial charge on any atom is 0.243 e. The molecule has 0 spiro atoms. The van der Waals surface area contributed by atoms with E-state index in [-0.39, 0.29) is 0 Å². The molecule has 0 bridgehead atoms. The average molecular weight is 340 g/mol. The molecule has 0 aliphatic rings. The minimum atomic E-state index is 0.486. The fourth-order valence-electron chi connectivity index (χ4n) is 2.14. The number of halogens is 1. The highest BCUT2D eigenvalue weighted by Crippen LogP contribution is 2.35. The molecule has 1 heterocycles. The van der Waals surface area contributed by atoms with Gasteiger partial charge in [-0.05, 0) is 29.3 Å². The molecule has 7 nitrogen and oxygen atoms in total. The van der Waals surface area contributed by atoms with E-state index in [1.54, 1.807) is 17.9 Å². The van der Waals surface area contributed by atoms with Crippen LogP contribution in [0.5, 0.6) is 11.5 Å². The van der Waals surface area contributed by atoms with Gasteiger partial charge in [-0.15, -0.1) is 0 Å². The second kappa shape index (κ2) is 8.57. The van der Waals surface area contributed by atoms with Gasteiger partial charge in [0.25, 0.3) is 0 Å². The van der Waals surface area contributed by atoms with Crippen molar-refractivity contribution in [2.24, 2.45) is 0 Å². The van der Waals surface area contributed by atoms with E-state index in [4.69, 9.17) is 21.1 Å². The standard InChI is InChI=1S/C15H22ClN5O2/c1-4-6-21-15(18-19-20-21)17-10-11-8-12(16)9-13(22-3)14(11)23-7-5-2/h8-9H,4-7,10H2,1-3H3,(H,17,18,20). The molecule has 8 heteroatoms. The number of ether oxygens (including phenoxy) is 2. The first-order valence-corrected chi connectivity index (χ1v) is 8.06. The Kier molecular flexibility index (Phi) is 6.46. The molecule has 0 unspecified atom stereocenters. The van der Waals surface area contributed by atoms with E-state index in [1.807, 2.05) is 6.07 Å². The summed E-state index contributed by atoms with van der Waals surface area (Å²) in [5, 5.41) is 15.5. The Morgan fingerprint density at radius 2 is 2.09 bits per heavy atom. The summed E-state index contributed by atoms with van der Waals surface area (Å²) < 4.78 is 12.9. The van der Waals surface area contributed by atoms with E-state index in [2.05, 4.69) is 34.7 Å². The average Bonchev–Trinajstić information content (AvgIpc) is 2.99. The summed E-state index contributed by atoms with van der Waals surface area (Å²) in [6.45, 7) is 5.98. The minimum Gasteiger partial charge on any atom is -0.493 e. The molecule has 126 valence electrons. The Balaban J connectivity index is 2.20. The van der Waals surface area contributed by atoms with Crippen LogP contribution in [-0.4, -0.2) is 33.9 Å². The van der Waals surface area contributed by atoms with Gasteiger partial charge >= 0.3 is 0 Å². The molecule has 0 radical (unpaired) electrons. The largest absolute Gasteiger partial charge is 0.493 e. The fourth-order valence-corrected chi connectivity index (χ4v) is 2.37. The van der Waals surface area contributed by atoms with Crippen molar-refractivity contribution >= 4 is 17.5 Å².